The smallest absolute Gasteiger partial charge is 0.407 e. The highest BCUT2D eigenvalue weighted by Crippen LogP contribution is 2.37. The van der Waals surface area contributed by atoms with Crippen LogP contribution in [0.2, 0.25) is 0 Å². The van der Waals surface area contributed by atoms with Gasteiger partial charge in [-0.1, -0.05) is 0 Å². The van der Waals surface area contributed by atoms with Crippen LogP contribution in [-0.2, 0) is 4.74 Å². The molecule has 1 amide bonds. The number of alkyl carbamates (subject to hydrolysis) is 1. The number of piperidine rings is 1. The maximum absolute atomic E-state index is 11.4. The second-order valence-electron chi connectivity index (χ2n) is 5.90. The maximum Gasteiger partial charge on any atom is 0.407 e. The van der Waals surface area contributed by atoms with E-state index in [1.54, 1.807) is 0 Å². The quantitative estimate of drug-likeness (QED) is 0.781. The highest BCUT2D eigenvalue weighted by atomic mass is 16.6. The predicted octanol–water partition coefficient (Wildman–Crippen LogP) is 2.14. The molecule has 0 spiro atoms. The molecule has 1 heterocycles. The van der Waals surface area contributed by atoms with Crippen LogP contribution in [-0.4, -0.2) is 40.1 Å². The van der Waals surface area contributed by atoms with E-state index in [1.165, 1.54) is 5.06 Å². The Bertz CT molecular complexity index is 271. The molecule has 17 heavy (non-hydrogen) atoms. The van der Waals surface area contributed by atoms with Gasteiger partial charge in [-0.15, -0.1) is 0 Å². The Morgan fingerprint density at radius 3 is 2.24 bits per heavy atom. The number of carbonyl (C=O) groups excluding carboxylic acids is 1. The third-order valence-corrected chi connectivity index (χ3v) is 3.20. The van der Waals surface area contributed by atoms with Crippen molar-refractivity contribution in [2.24, 2.45) is 0 Å². The molecule has 0 saturated carbocycles. The number of rotatable bonds is 2. The van der Waals surface area contributed by atoms with Gasteiger partial charge in [0.2, 0.25) is 0 Å². The standard InChI is InChI=1S/C12H24N2O3/c1-6-13-10(15)17-9-7-11(2,3)14(16)12(4,5)8-9/h9,16H,6-8H2,1-5H3,(H,13,15). The lowest BCUT2D eigenvalue weighted by atomic mass is 9.80. The summed E-state index contributed by atoms with van der Waals surface area (Å²) in [5.41, 5.74) is -0.780. The maximum atomic E-state index is 11.4. The monoisotopic (exact) mass is 244 g/mol. The Morgan fingerprint density at radius 1 is 1.35 bits per heavy atom. The van der Waals surface area contributed by atoms with E-state index in [0.29, 0.717) is 19.4 Å². The summed E-state index contributed by atoms with van der Waals surface area (Å²) in [5, 5.41) is 14.1. The van der Waals surface area contributed by atoms with E-state index >= 15 is 0 Å². The zero-order valence-electron chi connectivity index (χ0n) is 11.4. The third-order valence-electron chi connectivity index (χ3n) is 3.20. The minimum atomic E-state index is -0.390. The SMILES string of the molecule is CCNC(=O)OC1CC(C)(C)N(O)C(C)(C)C1. The van der Waals surface area contributed by atoms with Crippen LogP contribution in [0, 0.1) is 0 Å². The summed E-state index contributed by atoms with van der Waals surface area (Å²) in [7, 11) is 0. The third kappa shape index (κ3) is 3.33. The van der Waals surface area contributed by atoms with Gasteiger partial charge in [0.15, 0.2) is 0 Å². The van der Waals surface area contributed by atoms with Crippen LogP contribution >= 0.6 is 0 Å². The van der Waals surface area contributed by atoms with Crippen LogP contribution in [0.4, 0.5) is 4.79 Å². The van der Waals surface area contributed by atoms with Gasteiger partial charge in [-0.25, -0.2) is 4.79 Å². The van der Waals surface area contributed by atoms with Crippen molar-refractivity contribution >= 4 is 6.09 Å². The van der Waals surface area contributed by atoms with Crippen molar-refractivity contribution in [3.63, 3.8) is 0 Å². The number of carbonyl (C=O) groups is 1. The predicted molar refractivity (Wildman–Crippen MR) is 65.0 cm³/mol. The molecule has 0 unspecified atom stereocenters. The molecule has 1 rings (SSSR count). The molecular weight excluding hydrogens is 220 g/mol. The van der Waals surface area contributed by atoms with Crippen molar-refractivity contribution in [2.75, 3.05) is 6.54 Å². The molecule has 0 aliphatic carbocycles. The Labute approximate surface area is 103 Å². The van der Waals surface area contributed by atoms with E-state index < -0.39 is 0 Å². The Kier molecular flexibility index (Phi) is 4.04. The van der Waals surface area contributed by atoms with Crippen LogP contribution in [0.3, 0.4) is 0 Å². The summed E-state index contributed by atoms with van der Waals surface area (Å²) in [5.74, 6) is 0. The van der Waals surface area contributed by atoms with Crippen LogP contribution in [0.25, 0.3) is 0 Å². The number of hydrogen-bond acceptors (Lipinski definition) is 4. The summed E-state index contributed by atoms with van der Waals surface area (Å²) in [4.78, 5) is 11.4. The molecular formula is C12H24N2O3. The first-order valence-electron chi connectivity index (χ1n) is 6.13. The lowest BCUT2D eigenvalue weighted by Crippen LogP contribution is -2.60. The number of amides is 1. The summed E-state index contributed by atoms with van der Waals surface area (Å²) in [6.45, 7) is 10.2. The van der Waals surface area contributed by atoms with E-state index in [4.69, 9.17) is 4.74 Å². The fourth-order valence-electron chi connectivity index (χ4n) is 2.60. The minimum Gasteiger partial charge on any atom is -0.446 e. The van der Waals surface area contributed by atoms with Crippen LogP contribution in [0.15, 0.2) is 0 Å². The van der Waals surface area contributed by atoms with Gasteiger partial charge < -0.3 is 15.3 Å². The molecule has 100 valence electrons. The van der Waals surface area contributed by atoms with E-state index in [0.717, 1.165) is 0 Å². The first-order chi connectivity index (χ1) is 7.69. The van der Waals surface area contributed by atoms with Gasteiger partial charge >= 0.3 is 6.09 Å². The molecule has 0 atom stereocenters. The van der Waals surface area contributed by atoms with Gasteiger partial charge in [-0.2, -0.15) is 5.06 Å². The molecule has 0 bridgehead atoms. The van der Waals surface area contributed by atoms with Gasteiger partial charge in [0, 0.05) is 30.5 Å². The normalized spacial score (nSPS) is 24.4. The number of nitrogens with one attached hydrogen (secondary N) is 1. The number of hydrogen-bond donors (Lipinski definition) is 2. The molecule has 1 aliphatic heterocycles. The lowest BCUT2D eigenvalue weighted by Gasteiger charge is -2.50. The molecule has 0 aromatic rings. The van der Waals surface area contributed by atoms with Crippen molar-refractivity contribution in [1.82, 2.24) is 10.4 Å². The van der Waals surface area contributed by atoms with Gasteiger partial charge in [0.05, 0.1) is 0 Å². The summed E-state index contributed by atoms with van der Waals surface area (Å²) < 4.78 is 5.36. The van der Waals surface area contributed by atoms with Crippen molar-refractivity contribution in [3.8, 4) is 0 Å². The van der Waals surface area contributed by atoms with Crippen molar-refractivity contribution in [1.29, 1.82) is 0 Å². The Hall–Kier alpha value is -0.810. The second kappa shape index (κ2) is 4.82. The molecule has 0 aromatic carbocycles. The van der Waals surface area contributed by atoms with Gasteiger partial charge in [0.1, 0.15) is 6.10 Å². The van der Waals surface area contributed by atoms with Gasteiger partial charge in [-0.3, -0.25) is 0 Å². The fraction of sp³-hybridized carbons (Fsp3) is 0.917. The van der Waals surface area contributed by atoms with Crippen molar-refractivity contribution < 1.29 is 14.7 Å². The van der Waals surface area contributed by atoms with E-state index in [2.05, 4.69) is 5.32 Å². The van der Waals surface area contributed by atoms with Gasteiger partial charge in [-0.05, 0) is 34.6 Å². The van der Waals surface area contributed by atoms with E-state index in [9.17, 15) is 10.0 Å². The largest absolute Gasteiger partial charge is 0.446 e. The molecule has 0 aromatic heterocycles. The molecule has 1 aliphatic rings. The molecule has 5 heteroatoms. The van der Waals surface area contributed by atoms with E-state index in [1.807, 2.05) is 34.6 Å². The highest BCUT2D eigenvalue weighted by Gasteiger charge is 2.46. The second-order valence-corrected chi connectivity index (χ2v) is 5.90. The zero-order chi connectivity index (χ0) is 13.3. The Balaban J connectivity index is 2.68. The number of ether oxygens (including phenoxy) is 1. The molecule has 5 nitrogen and oxygen atoms in total. The van der Waals surface area contributed by atoms with Gasteiger partial charge in [0.25, 0.3) is 0 Å². The average molecular weight is 244 g/mol. The lowest BCUT2D eigenvalue weighted by molar-refractivity contribution is -0.256. The minimum absolute atomic E-state index is 0.157. The first-order valence-corrected chi connectivity index (χ1v) is 6.13. The first kappa shape index (κ1) is 14.3. The summed E-state index contributed by atoms with van der Waals surface area (Å²) in [6, 6.07) is 0. The summed E-state index contributed by atoms with van der Waals surface area (Å²) >= 11 is 0. The fourth-order valence-corrected chi connectivity index (χ4v) is 2.60. The van der Waals surface area contributed by atoms with Crippen molar-refractivity contribution in [2.45, 2.75) is 64.6 Å². The molecule has 1 fully saturated rings. The van der Waals surface area contributed by atoms with Crippen LogP contribution in [0.5, 0.6) is 0 Å². The van der Waals surface area contributed by atoms with Crippen LogP contribution < -0.4 is 5.32 Å². The zero-order valence-corrected chi connectivity index (χ0v) is 11.4. The van der Waals surface area contributed by atoms with Crippen LogP contribution in [0.1, 0.15) is 47.5 Å². The molecule has 1 saturated heterocycles. The molecule has 0 radical (unpaired) electrons. The topological polar surface area (TPSA) is 61.8 Å². The Morgan fingerprint density at radius 2 is 1.82 bits per heavy atom. The highest BCUT2D eigenvalue weighted by molar-refractivity contribution is 5.67. The van der Waals surface area contributed by atoms with Crippen molar-refractivity contribution in [3.05, 3.63) is 0 Å². The van der Waals surface area contributed by atoms with E-state index in [-0.39, 0.29) is 23.3 Å². The number of hydroxylamine groups is 2. The number of nitrogens with zero attached hydrogens (tertiary/aromatic N) is 1. The summed E-state index contributed by atoms with van der Waals surface area (Å²) in [6.07, 6.45) is 0.721. The average Bonchev–Trinajstić information content (AvgIpc) is 2.13. The molecule has 2 N–H and O–H groups in total.